The third-order valence-corrected chi connectivity index (χ3v) is 1.27. The van der Waals surface area contributed by atoms with Crippen molar-refractivity contribution in [2.45, 2.75) is 0 Å². The lowest BCUT2D eigenvalue weighted by atomic mass is 10.7. The summed E-state index contributed by atoms with van der Waals surface area (Å²) >= 11 is 0. The normalized spacial score (nSPS) is 9.92. The third kappa shape index (κ3) is 11.4. The van der Waals surface area contributed by atoms with E-state index in [1.54, 1.807) is 7.11 Å². The summed E-state index contributed by atoms with van der Waals surface area (Å²) in [4.78, 5) is 0. The van der Waals surface area contributed by atoms with E-state index in [1.165, 1.54) is 6.26 Å². The molecule has 4 heteroatoms. The van der Waals surface area contributed by atoms with E-state index in [1.807, 2.05) is 0 Å². The van der Waals surface area contributed by atoms with Crippen LogP contribution in [0, 0.1) is 0 Å². The Labute approximate surface area is 79.4 Å². The van der Waals surface area contributed by atoms with Crippen molar-refractivity contribution in [3.63, 3.8) is 0 Å². The van der Waals surface area contributed by atoms with Gasteiger partial charge in [-0.25, -0.2) is 0 Å². The van der Waals surface area contributed by atoms with Gasteiger partial charge in [-0.05, 0) is 0 Å². The second kappa shape index (κ2) is 11.4. The average molecular weight is 190 g/mol. The minimum atomic E-state index is 0.543. The SMILES string of the molecule is C=COCCOCCOCCOC. The van der Waals surface area contributed by atoms with Crippen molar-refractivity contribution >= 4 is 0 Å². The number of methoxy groups -OCH3 is 1. The van der Waals surface area contributed by atoms with E-state index in [4.69, 9.17) is 18.9 Å². The average Bonchev–Trinajstić information content (AvgIpc) is 2.16. The number of ether oxygens (including phenoxy) is 4. The fraction of sp³-hybridized carbons (Fsp3) is 0.778. The summed E-state index contributed by atoms with van der Waals surface area (Å²) < 4.78 is 20.0. The Kier molecular flexibility index (Phi) is 10.9. The number of rotatable bonds is 10. The lowest BCUT2D eigenvalue weighted by Gasteiger charge is -2.04. The van der Waals surface area contributed by atoms with Crippen LogP contribution in [0.4, 0.5) is 0 Å². The van der Waals surface area contributed by atoms with Crippen molar-refractivity contribution in [3.05, 3.63) is 12.8 Å². The molecule has 0 saturated heterocycles. The van der Waals surface area contributed by atoms with Gasteiger partial charge in [0.1, 0.15) is 6.61 Å². The standard InChI is InChI=1S/C9H18O4/c1-3-11-6-7-13-9-8-12-5-4-10-2/h3H,1,4-9H2,2H3. The molecule has 0 aliphatic heterocycles. The predicted octanol–water partition coefficient (Wildman–Crippen LogP) is 0.826. The molecule has 0 unspecified atom stereocenters. The first kappa shape index (κ1) is 12.4. The van der Waals surface area contributed by atoms with Crippen LogP contribution >= 0.6 is 0 Å². The molecule has 0 aliphatic carbocycles. The van der Waals surface area contributed by atoms with Crippen molar-refractivity contribution in [2.24, 2.45) is 0 Å². The summed E-state index contributed by atoms with van der Waals surface area (Å²) in [6.45, 7) is 6.95. The topological polar surface area (TPSA) is 36.9 Å². The van der Waals surface area contributed by atoms with Crippen LogP contribution in [0.1, 0.15) is 0 Å². The molecule has 0 saturated carbocycles. The summed E-state index contributed by atoms with van der Waals surface area (Å²) in [7, 11) is 1.65. The van der Waals surface area contributed by atoms with Crippen LogP contribution in [-0.2, 0) is 18.9 Å². The van der Waals surface area contributed by atoms with Gasteiger partial charge in [-0.3, -0.25) is 0 Å². The summed E-state index contributed by atoms with van der Waals surface area (Å²) in [5.74, 6) is 0. The maximum atomic E-state index is 5.18. The molecule has 0 spiro atoms. The largest absolute Gasteiger partial charge is 0.499 e. The van der Waals surface area contributed by atoms with E-state index in [2.05, 4.69) is 6.58 Å². The van der Waals surface area contributed by atoms with Gasteiger partial charge in [0, 0.05) is 7.11 Å². The van der Waals surface area contributed by atoms with Crippen molar-refractivity contribution < 1.29 is 18.9 Å². The van der Waals surface area contributed by atoms with Gasteiger partial charge in [0.2, 0.25) is 0 Å². The highest BCUT2D eigenvalue weighted by Crippen LogP contribution is 1.81. The summed E-state index contributed by atoms with van der Waals surface area (Å²) in [6, 6.07) is 0. The van der Waals surface area contributed by atoms with Crippen molar-refractivity contribution in [1.82, 2.24) is 0 Å². The molecule has 0 atom stereocenters. The third-order valence-electron chi connectivity index (χ3n) is 1.27. The van der Waals surface area contributed by atoms with Crippen LogP contribution in [0.3, 0.4) is 0 Å². The van der Waals surface area contributed by atoms with E-state index in [0.717, 1.165) is 0 Å². The molecule has 0 heterocycles. The summed E-state index contributed by atoms with van der Waals surface area (Å²) in [5.41, 5.74) is 0. The van der Waals surface area contributed by atoms with E-state index in [0.29, 0.717) is 39.6 Å². The molecule has 0 fully saturated rings. The zero-order valence-corrected chi connectivity index (χ0v) is 8.16. The Hall–Kier alpha value is -0.580. The Bertz CT molecular complexity index is 106. The van der Waals surface area contributed by atoms with Crippen molar-refractivity contribution in [3.8, 4) is 0 Å². The Balaban J connectivity index is 2.79. The van der Waals surface area contributed by atoms with Gasteiger partial charge in [-0.15, -0.1) is 0 Å². The van der Waals surface area contributed by atoms with E-state index in [9.17, 15) is 0 Å². The van der Waals surface area contributed by atoms with E-state index < -0.39 is 0 Å². The van der Waals surface area contributed by atoms with Crippen LogP contribution in [0.5, 0.6) is 0 Å². The molecule has 0 N–H and O–H groups in total. The smallest absolute Gasteiger partial charge is 0.111 e. The molecule has 4 nitrogen and oxygen atoms in total. The fourth-order valence-electron chi connectivity index (χ4n) is 0.655. The van der Waals surface area contributed by atoms with Gasteiger partial charge in [0.05, 0.1) is 39.3 Å². The van der Waals surface area contributed by atoms with Crippen LogP contribution in [0.2, 0.25) is 0 Å². The molecule has 0 aliphatic rings. The predicted molar refractivity (Wildman–Crippen MR) is 49.7 cm³/mol. The lowest BCUT2D eigenvalue weighted by molar-refractivity contribution is 0.0144. The molecule has 0 radical (unpaired) electrons. The first-order valence-electron chi connectivity index (χ1n) is 4.28. The highest BCUT2D eigenvalue weighted by atomic mass is 16.5. The van der Waals surface area contributed by atoms with Crippen LogP contribution in [0.15, 0.2) is 12.8 Å². The molecule has 0 rings (SSSR count). The Morgan fingerprint density at radius 2 is 1.46 bits per heavy atom. The second-order valence-electron chi connectivity index (χ2n) is 2.26. The first-order valence-corrected chi connectivity index (χ1v) is 4.28. The lowest BCUT2D eigenvalue weighted by Crippen LogP contribution is -2.10. The van der Waals surface area contributed by atoms with E-state index >= 15 is 0 Å². The molecule has 0 amide bonds. The second-order valence-corrected chi connectivity index (χ2v) is 2.26. The van der Waals surface area contributed by atoms with Crippen LogP contribution in [-0.4, -0.2) is 46.8 Å². The molecular formula is C9H18O4. The number of hydrogen-bond donors (Lipinski definition) is 0. The summed E-state index contributed by atoms with van der Waals surface area (Å²) in [5, 5.41) is 0. The van der Waals surface area contributed by atoms with Crippen LogP contribution in [0.25, 0.3) is 0 Å². The minimum Gasteiger partial charge on any atom is -0.499 e. The van der Waals surface area contributed by atoms with Gasteiger partial charge >= 0.3 is 0 Å². The summed E-state index contributed by atoms with van der Waals surface area (Å²) in [6.07, 6.45) is 1.40. The molecule has 0 aromatic rings. The molecule has 13 heavy (non-hydrogen) atoms. The first-order chi connectivity index (χ1) is 6.41. The Morgan fingerprint density at radius 3 is 2.00 bits per heavy atom. The van der Waals surface area contributed by atoms with Crippen LogP contribution < -0.4 is 0 Å². The molecule has 0 aromatic heterocycles. The molecular weight excluding hydrogens is 172 g/mol. The van der Waals surface area contributed by atoms with Gasteiger partial charge in [0.25, 0.3) is 0 Å². The highest BCUT2D eigenvalue weighted by Gasteiger charge is 1.89. The van der Waals surface area contributed by atoms with Gasteiger partial charge in [0.15, 0.2) is 0 Å². The van der Waals surface area contributed by atoms with Gasteiger partial charge in [-0.1, -0.05) is 6.58 Å². The zero-order valence-electron chi connectivity index (χ0n) is 8.16. The highest BCUT2D eigenvalue weighted by molar-refractivity contribution is 4.47. The number of hydrogen-bond acceptors (Lipinski definition) is 4. The monoisotopic (exact) mass is 190 g/mol. The minimum absolute atomic E-state index is 0.543. The van der Waals surface area contributed by atoms with Gasteiger partial charge in [-0.2, -0.15) is 0 Å². The molecule has 78 valence electrons. The fourth-order valence-corrected chi connectivity index (χ4v) is 0.655. The quantitative estimate of drug-likeness (QED) is 0.377. The van der Waals surface area contributed by atoms with Gasteiger partial charge < -0.3 is 18.9 Å². The van der Waals surface area contributed by atoms with E-state index in [-0.39, 0.29) is 0 Å². The molecule has 0 aromatic carbocycles. The molecule has 0 bridgehead atoms. The maximum absolute atomic E-state index is 5.18. The Morgan fingerprint density at radius 1 is 0.923 bits per heavy atom. The maximum Gasteiger partial charge on any atom is 0.111 e. The van der Waals surface area contributed by atoms with Crippen molar-refractivity contribution in [1.29, 1.82) is 0 Å². The van der Waals surface area contributed by atoms with Crippen molar-refractivity contribution in [2.75, 3.05) is 46.8 Å². The zero-order chi connectivity index (χ0) is 9.78.